The molecule has 1 aromatic heterocycles. The Bertz CT molecular complexity index is 2510. The molecule has 5 aromatic rings. The fourth-order valence-electron chi connectivity index (χ4n) is 8.80. The summed E-state index contributed by atoms with van der Waals surface area (Å²) in [4.78, 5) is 44.5. The fraction of sp³-hybridized carbons (Fsp3) is 0.298. The van der Waals surface area contributed by atoms with Crippen molar-refractivity contribution in [2.75, 3.05) is 26.2 Å². The van der Waals surface area contributed by atoms with E-state index < -0.39 is 12.7 Å². The molecule has 0 unspecified atom stereocenters. The molecule has 0 spiro atoms. The van der Waals surface area contributed by atoms with Gasteiger partial charge in [0.05, 0.1) is 12.0 Å². The lowest BCUT2D eigenvalue weighted by molar-refractivity contribution is -0.131. The van der Waals surface area contributed by atoms with Crippen LogP contribution in [-0.4, -0.2) is 54.9 Å². The second-order valence-electron chi connectivity index (χ2n) is 15.9. The number of carbonyl (C=O) groups is 2. The van der Waals surface area contributed by atoms with Gasteiger partial charge in [0, 0.05) is 56.3 Å². The van der Waals surface area contributed by atoms with Crippen molar-refractivity contribution in [3.63, 3.8) is 0 Å². The SMILES string of the molecule is NCc1cccc(C2CCN(C(=O)Cc3c(C4=CC4)c4cc5c(cc4oc3=O)OB(C=Cc3cccc(C(=O)N4CCC(c6cccc(CN)c6)CC4)c3)O5)CC2)c1. The minimum absolute atomic E-state index is 0.0235. The zero-order chi connectivity index (χ0) is 39.8. The Hall–Kier alpha value is -5.91. The van der Waals surface area contributed by atoms with Gasteiger partial charge in [0.25, 0.3) is 5.91 Å². The van der Waals surface area contributed by atoms with Crippen LogP contribution in [0.1, 0.15) is 93.2 Å². The highest BCUT2D eigenvalue weighted by atomic mass is 16.6. The van der Waals surface area contributed by atoms with Crippen LogP contribution in [-0.2, 0) is 24.3 Å². The maximum atomic E-state index is 13.7. The summed E-state index contributed by atoms with van der Waals surface area (Å²) in [5, 5.41) is 0.718. The molecule has 11 heteroatoms. The Morgan fingerprint density at radius 2 is 1.36 bits per heavy atom. The van der Waals surface area contributed by atoms with Crippen LogP contribution < -0.4 is 26.4 Å². The summed E-state index contributed by atoms with van der Waals surface area (Å²) in [6.07, 6.45) is 8.21. The third-order valence-corrected chi connectivity index (χ3v) is 12.1. The van der Waals surface area contributed by atoms with E-state index in [1.807, 2.05) is 58.3 Å². The van der Waals surface area contributed by atoms with Crippen LogP contribution in [0.25, 0.3) is 22.6 Å². The Morgan fingerprint density at radius 1 is 0.759 bits per heavy atom. The molecule has 294 valence electrons. The van der Waals surface area contributed by atoms with Crippen LogP contribution in [0.3, 0.4) is 0 Å². The van der Waals surface area contributed by atoms with Crippen molar-refractivity contribution < 1.29 is 23.3 Å². The van der Waals surface area contributed by atoms with E-state index >= 15 is 0 Å². The summed E-state index contributed by atoms with van der Waals surface area (Å²) in [5.41, 5.74) is 20.0. The van der Waals surface area contributed by atoms with Gasteiger partial charge in [0.1, 0.15) is 17.1 Å². The van der Waals surface area contributed by atoms with Gasteiger partial charge in [-0.05, 0) is 107 Å². The average Bonchev–Trinajstić information content (AvgIpc) is 4.03. The van der Waals surface area contributed by atoms with Crippen molar-refractivity contribution in [2.24, 2.45) is 11.5 Å². The lowest BCUT2D eigenvalue weighted by atomic mass is 9.88. The molecule has 10 nitrogen and oxygen atoms in total. The first-order chi connectivity index (χ1) is 28.3. The molecule has 2 fully saturated rings. The first-order valence-corrected chi connectivity index (χ1v) is 20.4. The van der Waals surface area contributed by atoms with Gasteiger partial charge in [0.2, 0.25) is 5.91 Å². The molecule has 9 rings (SSSR count). The number of benzene rings is 4. The van der Waals surface area contributed by atoms with E-state index in [-0.39, 0.29) is 18.2 Å². The number of hydrogen-bond donors (Lipinski definition) is 2. The van der Waals surface area contributed by atoms with Gasteiger partial charge >= 0.3 is 12.7 Å². The fourth-order valence-corrected chi connectivity index (χ4v) is 8.80. The number of fused-ring (bicyclic) bond motifs is 2. The van der Waals surface area contributed by atoms with Crippen LogP contribution in [0.2, 0.25) is 0 Å². The first-order valence-electron chi connectivity index (χ1n) is 20.4. The number of allylic oxidation sites excluding steroid dienone is 2. The Kier molecular flexibility index (Phi) is 10.5. The van der Waals surface area contributed by atoms with E-state index in [1.54, 1.807) is 12.0 Å². The molecular weight excluding hydrogens is 727 g/mol. The lowest BCUT2D eigenvalue weighted by Crippen LogP contribution is -2.39. The molecule has 3 aliphatic heterocycles. The normalized spacial score (nSPS) is 17.0. The quantitative estimate of drug-likeness (QED) is 0.115. The molecule has 0 saturated carbocycles. The maximum Gasteiger partial charge on any atom is 0.625 e. The summed E-state index contributed by atoms with van der Waals surface area (Å²) < 4.78 is 18.2. The Morgan fingerprint density at radius 3 is 1.98 bits per heavy atom. The standard InChI is InChI=1S/C47H47BN4O6/c49-28-31-5-2-7-36(23-31)33-13-18-51(19-14-33)44(53)26-40-45(35-10-11-35)39-25-42-43(27-41(39)56-47(40)55)58-48(57-42)17-12-30-4-1-9-38(22-30)46(54)52-20-15-34(16-21-52)37-8-3-6-32(24-37)29-50/h1-10,12,17,22-25,27,33-34H,11,13-16,18-21,26,28-29,49-50H2. The predicted molar refractivity (Wildman–Crippen MR) is 226 cm³/mol. The Balaban J connectivity index is 0.852. The van der Waals surface area contributed by atoms with Crippen LogP contribution in [0, 0.1) is 0 Å². The number of piperidine rings is 2. The molecule has 4 heterocycles. The summed E-state index contributed by atoms with van der Waals surface area (Å²) in [6, 6.07) is 28.0. The highest BCUT2D eigenvalue weighted by Crippen LogP contribution is 2.43. The Labute approximate surface area is 338 Å². The van der Waals surface area contributed by atoms with E-state index in [1.165, 1.54) is 11.1 Å². The number of amides is 2. The number of carbonyl (C=O) groups excluding carboxylic acids is 2. The van der Waals surface area contributed by atoms with Gasteiger partial charge in [-0.15, -0.1) is 0 Å². The zero-order valence-corrected chi connectivity index (χ0v) is 32.5. The van der Waals surface area contributed by atoms with E-state index in [2.05, 4.69) is 42.5 Å². The maximum absolute atomic E-state index is 13.7. The molecule has 4 aromatic carbocycles. The van der Waals surface area contributed by atoms with Gasteiger partial charge in [-0.25, -0.2) is 4.79 Å². The highest BCUT2D eigenvalue weighted by molar-refractivity contribution is 6.54. The third kappa shape index (κ3) is 7.84. The monoisotopic (exact) mass is 774 g/mol. The van der Waals surface area contributed by atoms with Crippen molar-refractivity contribution in [1.82, 2.24) is 9.80 Å². The molecule has 0 bridgehead atoms. The second kappa shape index (κ2) is 16.2. The molecular formula is C47H47BN4O6. The zero-order valence-electron chi connectivity index (χ0n) is 32.5. The van der Waals surface area contributed by atoms with Gasteiger partial charge in [-0.3, -0.25) is 9.59 Å². The highest BCUT2D eigenvalue weighted by Gasteiger charge is 2.33. The van der Waals surface area contributed by atoms with Crippen molar-refractivity contribution in [2.45, 2.75) is 63.5 Å². The van der Waals surface area contributed by atoms with Crippen molar-refractivity contribution in [3.8, 4) is 11.5 Å². The average molecular weight is 775 g/mol. The van der Waals surface area contributed by atoms with Crippen LogP contribution in [0.5, 0.6) is 11.5 Å². The summed E-state index contributed by atoms with van der Waals surface area (Å²) in [5.74, 6) is 3.53. The molecule has 4 aliphatic rings. The number of rotatable bonds is 10. The van der Waals surface area contributed by atoms with Crippen molar-refractivity contribution >= 4 is 41.6 Å². The van der Waals surface area contributed by atoms with Crippen LogP contribution in [0.4, 0.5) is 0 Å². The van der Waals surface area contributed by atoms with E-state index in [9.17, 15) is 14.4 Å². The van der Waals surface area contributed by atoms with E-state index in [0.29, 0.717) is 79.3 Å². The van der Waals surface area contributed by atoms with Crippen LogP contribution >= 0.6 is 0 Å². The lowest BCUT2D eigenvalue weighted by Gasteiger charge is -2.32. The van der Waals surface area contributed by atoms with Gasteiger partial charge in [0.15, 0.2) is 0 Å². The van der Waals surface area contributed by atoms with Crippen molar-refractivity contribution in [1.29, 1.82) is 0 Å². The first kappa shape index (κ1) is 37.7. The van der Waals surface area contributed by atoms with E-state index in [4.69, 9.17) is 25.2 Å². The molecule has 4 N–H and O–H groups in total. The molecule has 58 heavy (non-hydrogen) atoms. The minimum atomic E-state index is -0.722. The minimum Gasteiger partial charge on any atom is -0.520 e. The second-order valence-corrected chi connectivity index (χ2v) is 15.9. The van der Waals surface area contributed by atoms with Crippen molar-refractivity contribution in [3.05, 3.63) is 152 Å². The summed E-state index contributed by atoms with van der Waals surface area (Å²) in [6.45, 7) is 3.70. The molecule has 2 amide bonds. The molecule has 1 aliphatic carbocycles. The molecule has 0 atom stereocenters. The van der Waals surface area contributed by atoms with Crippen LogP contribution in [0.15, 0.2) is 106 Å². The number of nitrogens with two attached hydrogens (primary N) is 2. The van der Waals surface area contributed by atoms with Gasteiger partial charge < -0.3 is 35.0 Å². The number of hydrogen-bond acceptors (Lipinski definition) is 8. The number of likely N-dealkylation sites (tertiary alicyclic amines) is 2. The third-order valence-electron chi connectivity index (χ3n) is 12.1. The summed E-state index contributed by atoms with van der Waals surface area (Å²) in [7, 11) is -0.722. The molecule has 0 radical (unpaired) electrons. The van der Waals surface area contributed by atoms with Gasteiger partial charge in [-0.2, -0.15) is 0 Å². The topological polar surface area (TPSA) is 141 Å². The van der Waals surface area contributed by atoms with E-state index in [0.717, 1.165) is 65.3 Å². The summed E-state index contributed by atoms with van der Waals surface area (Å²) >= 11 is 0. The predicted octanol–water partition coefficient (Wildman–Crippen LogP) is 6.98. The smallest absolute Gasteiger partial charge is 0.520 e. The number of nitrogens with zero attached hydrogens (tertiary/aromatic N) is 2. The molecule has 2 saturated heterocycles. The van der Waals surface area contributed by atoms with Gasteiger partial charge in [-0.1, -0.05) is 72.8 Å². The largest absolute Gasteiger partial charge is 0.625 e.